The van der Waals surface area contributed by atoms with Crippen molar-refractivity contribution >= 4 is 0 Å². The molecule has 20 heavy (non-hydrogen) atoms. The van der Waals surface area contributed by atoms with Gasteiger partial charge in [-0.25, -0.2) is 0 Å². The van der Waals surface area contributed by atoms with Crippen LogP contribution in [0.4, 0.5) is 0 Å². The van der Waals surface area contributed by atoms with Gasteiger partial charge in [-0.15, -0.1) is 0 Å². The van der Waals surface area contributed by atoms with Crippen LogP contribution < -0.4 is 0 Å². The normalized spacial score (nSPS) is 11.2. The maximum atomic E-state index is 8.73. The maximum absolute atomic E-state index is 8.73. The first kappa shape index (κ1) is 15.8. The van der Waals surface area contributed by atoms with E-state index in [1.54, 1.807) is 12.2 Å². The lowest BCUT2D eigenvalue weighted by atomic mass is 10.1. The number of hydrogen-bond donors (Lipinski definition) is 2. The molecule has 0 heterocycles. The van der Waals surface area contributed by atoms with Gasteiger partial charge >= 0.3 is 0 Å². The average Bonchev–Trinajstić information content (AvgIpc) is 2.45. The highest BCUT2D eigenvalue weighted by Gasteiger charge is 1.89. The summed E-state index contributed by atoms with van der Waals surface area (Å²) in [7, 11) is 0. The quantitative estimate of drug-likeness (QED) is 0.806. The van der Waals surface area contributed by atoms with Crippen molar-refractivity contribution in [2.24, 2.45) is 0 Å². The van der Waals surface area contributed by atoms with Crippen molar-refractivity contribution in [2.75, 3.05) is 13.2 Å². The SMILES string of the molecule is C/C(C#Cc1ccc(C#C/C(C)=C/CO)cc1)=C\CO. The lowest BCUT2D eigenvalue weighted by molar-refractivity contribution is 0.342. The summed E-state index contributed by atoms with van der Waals surface area (Å²) >= 11 is 0. The van der Waals surface area contributed by atoms with Crippen LogP contribution in [0.15, 0.2) is 47.6 Å². The minimum absolute atomic E-state index is 0.00967. The monoisotopic (exact) mass is 266 g/mol. The first-order valence-corrected chi connectivity index (χ1v) is 6.35. The topological polar surface area (TPSA) is 40.5 Å². The minimum atomic E-state index is 0.00967. The van der Waals surface area contributed by atoms with E-state index < -0.39 is 0 Å². The number of aliphatic hydroxyl groups excluding tert-OH is 2. The van der Waals surface area contributed by atoms with Gasteiger partial charge in [0.25, 0.3) is 0 Å². The van der Waals surface area contributed by atoms with Crippen LogP contribution in [-0.4, -0.2) is 23.4 Å². The Morgan fingerprint density at radius 2 is 1.20 bits per heavy atom. The van der Waals surface area contributed by atoms with Crippen LogP contribution in [-0.2, 0) is 0 Å². The van der Waals surface area contributed by atoms with E-state index in [2.05, 4.69) is 23.7 Å². The molecule has 0 saturated carbocycles. The molecule has 2 heteroatoms. The molecule has 2 nitrogen and oxygen atoms in total. The highest BCUT2D eigenvalue weighted by molar-refractivity contribution is 5.46. The molecule has 0 amide bonds. The standard InChI is InChI=1S/C18H18O2/c1-15(11-13-19)3-5-17-7-9-18(10-8-17)6-4-16(2)12-14-20/h7-12,19-20H,13-14H2,1-2H3/b15-11+,16-12+. The van der Waals surface area contributed by atoms with Crippen LogP contribution in [0, 0.1) is 23.7 Å². The number of hydrogen-bond acceptors (Lipinski definition) is 2. The lowest BCUT2D eigenvalue weighted by Crippen LogP contribution is -1.80. The molecule has 0 aliphatic heterocycles. The number of rotatable bonds is 2. The van der Waals surface area contributed by atoms with Gasteiger partial charge in [0.05, 0.1) is 13.2 Å². The zero-order valence-corrected chi connectivity index (χ0v) is 11.8. The molecule has 0 fully saturated rings. The van der Waals surface area contributed by atoms with Gasteiger partial charge < -0.3 is 10.2 Å². The van der Waals surface area contributed by atoms with E-state index in [4.69, 9.17) is 10.2 Å². The van der Waals surface area contributed by atoms with Gasteiger partial charge in [-0.3, -0.25) is 0 Å². The molecular weight excluding hydrogens is 248 g/mol. The second-order valence-electron chi connectivity index (χ2n) is 4.22. The molecule has 0 aliphatic carbocycles. The predicted octanol–water partition coefficient (Wildman–Crippen LogP) is 2.27. The predicted molar refractivity (Wildman–Crippen MR) is 81.9 cm³/mol. The third kappa shape index (κ3) is 6.07. The van der Waals surface area contributed by atoms with Crippen molar-refractivity contribution in [1.29, 1.82) is 0 Å². The Bertz CT molecular complexity index is 554. The van der Waals surface area contributed by atoms with E-state index in [1.807, 2.05) is 38.1 Å². The zero-order chi connectivity index (χ0) is 14.8. The fourth-order valence-corrected chi connectivity index (χ4v) is 1.35. The van der Waals surface area contributed by atoms with Crippen molar-refractivity contribution in [2.45, 2.75) is 13.8 Å². The summed E-state index contributed by atoms with van der Waals surface area (Å²) < 4.78 is 0. The second kappa shape index (κ2) is 8.77. The van der Waals surface area contributed by atoms with Crippen molar-refractivity contribution < 1.29 is 10.2 Å². The summed E-state index contributed by atoms with van der Waals surface area (Å²) in [4.78, 5) is 0. The molecule has 2 N–H and O–H groups in total. The van der Waals surface area contributed by atoms with E-state index in [0.717, 1.165) is 22.3 Å². The van der Waals surface area contributed by atoms with E-state index >= 15 is 0 Å². The molecule has 0 radical (unpaired) electrons. The lowest BCUT2D eigenvalue weighted by Gasteiger charge is -1.92. The second-order valence-corrected chi connectivity index (χ2v) is 4.22. The molecule has 0 aliphatic rings. The smallest absolute Gasteiger partial charge is 0.0624 e. The van der Waals surface area contributed by atoms with Gasteiger partial charge in [-0.1, -0.05) is 23.7 Å². The average molecular weight is 266 g/mol. The van der Waals surface area contributed by atoms with E-state index in [1.165, 1.54) is 0 Å². The Kier molecular flexibility index (Phi) is 6.93. The number of benzene rings is 1. The van der Waals surface area contributed by atoms with Gasteiger partial charge in [-0.05, 0) is 61.4 Å². The third-order valence-electron chi connectivity index (χ3n) is 2.49. The van der Waals surface area contributed by atoms with Gasteiger partial charge in [0.1, 0.15) is 0 Å². The molecular formula is C18H18O2. The van der Waals surface area contributed by atoms with E-state index in [-0.39, 0.29) is 13.2 Å². The van der Waals surface area contributed by atoms with Crippen LogP contribution in [0.2, 0.25) is 0 Å². The molecule has 0 atom stereocenters. The molecule has 0 aromatic heterocycles. The first-order valence-electron chi connectivity index (χ1n) is 6.35. The van der Waals surface area contributed by atoms with Gasteiger partial charge in [-0.2, -0.15) is 0 Å². The van der Waals surface area contributed by atoms with Crippen LogP contribution in [0.3, 0.4) is 0 Å². The fraction of sp³-hybridized carbons (Fsp3) is 0.222. The van der Waals surface area contributed by atoms with Gasteiger partial charge in [0.15, 0.2) is 0 Å². The summed E-state index contributed by atoms with van der Waals surface area (Å²) in [6.45, 7) is 3.74. The molecule has 0 bridgehead atoms. The first-order chi connectivity index (χ1) is 9.65. The number of aliphatic hydroxyl groups is 2. The Morgan fingerprint density at radius 3 is 1.50 bits per heavy atom. The van der Waals surface area contributed by atoms with Gasteiger partial charge in [0.2, 0.25) is 0 Å². The van der Waals surface area contributed by atoms with Crippen LogP contribution in [0.5, 0.6) is 0 Å². The van der Waals surface area contributed by atoms with E-state index in [9.17, 15) is 0 Å². The zero-order valence-electron chi connectivity index (χ0n) is 11.8. The van der Waals surface area contributed by atoms with Crippen molar-refractivity contribution in [1.82, 2.24) is 0 Å². The Labute approximate surface area is 120 Å². The van der Waals surface area contributed by atoms with Crippen LogP contribution in [0.1, 0.15) is 25.0 Å². The maximum Gasteiger partial charge on any atom is 0.0624 e. The molecule has 1 aromatic rings. The molecule has 0 spiro atoms. The summed E-state index contributed by atoms with van der Waals surface area (Å²) in [5, 5.41) is 17.5. The molecule has 0 unspecified atom stereocenters. The van der Waals surface area contributed by atoms with Gasteiger partial charge in [0, 0.05) is 11.1 Å². The molecule has 0 saturated heterocycles. The van der Waals surface area contributed by atoms with Crippen LogP contribution in [0.25, 0.3) is 0 Å². The Hall–Kier alpha value is -2.26. The summed E-state index contributed by atoms with van der Waals surface area (Å²) in [6, 6.07) is 7.64. The molecule has 102 valence electrons. The highest BCUT2D eigenvalue weighted by atomic mass is 16.3. The summed E-state index contributed by atoms with van der Waals surface area (Å²) in [6.07, 6.45) is 3.34. The highest BCUT2D eigenvalue weighted by Crippen LogP contribution is 2.03. The Morgan fingerprint density at radius 1 is 0.850 bits per heavy atom. The van der Waals surface area contributed by atoms with Crippen molar-refractivity contribution in [3.05, 3.63) is 58.7 Å². The largest absolute Gasteiger partial charge is 0.392 e. The van der Waals surface area contributed by atoms with Crippen molar-refractivity contribution in [3.8, 4) is 23.7 Å². The van der Waals surface area contributed by atoms with E-state index in [0.29, 0.717) is 0 Å². The summed E-state index contributed by atoms with van der Waals surface area (Å²) in [5.74, 6) is 12.0. The fourth-order valence-electron chi connectivity index (χ4n) is 1.35. The third-order valence-corrected chi connectivity index (χ3v) is 2.49. The summed E-state index contributed by atoms with van der Waals surface area (Å²) in [5.41, 5.74) is 3.51. The molecule has 1 rings (SSSR count). The number of allylic oxidation sites excluding steroid dienone is 2. The Balaban J connectivity index is 2.80. The minimum Gasteiger partial charge on any atom is -0.392 e. The van der Waals surface area contributed by atoms with Crippen molar-refractivity contribution in [3.63, 3.8) is 0 Å². The van der Waals surface area contributed by atoms with Crippen LogP contribution >= 0.6 is 0 Å². The molecule has 1 aromatic carbocycles.